The fraction of sp³-hybridized carbons (Fsp3) is 0.667. The number of hydrogen-bond donors (Lipinski definition) is 0. The Morgan fingerprint density at radius 2 is 2.17 bits per heavy atom. The van der Waals surface area contributed by atoms with E-state index in [2.05, 4.69) is 16.7 Å². The minimum absolute atomic E-state index is 0.609. The van der Waals surface area contributed by atoms with E-state index in [-0.39, 0.29) is 0 Å². The molecule has 0 saturated heterocycles. The number of aromatic nitrogens is 2. The highest BCUT2D eigenvalue weighted by atomic mass is 35.5. The van der Waals surface area contributed by atoms with E-state index in [1.54, 1.807) is 0 Å². The van der Waals surface area contributed by atoms with Crippen LogP contribution in [-0.2, 0) is 0 Å². The fourth-order valence-corrected chi connectivity index (χ4v) is 2.21. The minimum atomic E-state index is 0.609. The molecule has 0 unspecified atom stereocenters. The molecule has 2 nitrogen and oxygen atoms in total. The Kier molecular flexibility index (Phi) is 2.09. The van der Waals surface area contributed by atoms with Gasteiger partial charge in [0.25, 0.3) is 0 Å². The van der Waals surface area contributed by atoms with Crippen molar-refractivity contribution in [3.63, 3.8) is 0 Å². The Bertz CT molecular complexity index is 274. The van der Waals surface area contributed by atoms with Gasteiger partial charge in [0.05, 0.1) is 6.04 Å². The molecule has 1 saturated carbocycles. The summed E-state index contributed by atoms with van der Waals surface area (Å²) in [4.78, 5) is 0. The Morgan fingerprint density at radius 1 is 1.50 bits per heavy atom. The minimum Gasteiger partial charge on any atom is -0.265 e. The second-order valence-electron chi connectivity index (χ2n) is 3.49. The summed E-state index contributed by atoms with van der Waals surface area (Å²) in [6.07, 6.45) is 5.20. The third-order valence-electron chi connectivity index (χ3n) is 2.56. The second kappa shape index (κ2) is 3.09. The first-order valence-electron chi connectivity index (χ1n) is 4.49. The topological polar surface area (TPSA) is 17.8 Å². The molecule has 1 aromatic heterocycles. The van der Waals surface area contributed by atoms with E-state index in [1.807, 2.05) is 6.07 Å². The zero-order valence-corrected chi connectivity index (χ0v) is 8.01. The Labute approximate surface area is 77.5 Å². The molecule has 0 spiro atoms. The van der Waals surface area contributed by atoms with Crippen molar-refractivity contribution >= 4 is 11.6 Å². The first kappa shape index (κ1) is 8.11. The van der Waals surface area contributed by atoms with Gasteiger partial charge in [0.15, 0.2) is 5.15 Å². The van der Waals surface area contributed by atoms with Crippen LogP contribution in [0.2, 0.25) is 5.15 Å². The van der Waals surface area contributed by atoms with Crippen LogP contribution >= 0.6 is 11.6 Å². The zero-order valence-electron chi connectivity index (χ0n) is 7.26. The molecule has 0 radical (unpaired) electrons. The van der Waals surface area contributed by atoms with E-state index in [0.29, 0.717) is 11.2 Å². The van der Waals surface area contributed by atoms with Gasteiger partial charge in [-0.3, -0.25) is 4.68 Å². The highest BCUT2D eigenvalue weighted by Gasteiger charge is 2.19. The molecule has 0 amide bonds. The molecule has 1 aliphatic carbocycles. The van der Waals surface area contributed by atoms with E-state index in [0.717, 1.165) is 0 Å². The summed E-state index contributed by atoms with van der Waals surface area (Å²) in [5.41, 5.74) is 1.19. The molecule has 12 heavy (non-hydrogen) atoms. The van der Waals surface area contributed by atoms with E-state index >= 15 is 0 Å². The van der Waals surface area contributed by atoms with Gasteiger partial charge in [0, 0.05) is 5.69 Å². The number of aryl methyl sites for hydroxylation is 1. The van der Waals surface area contributed by atoms with Gasteiger partial charge in [-0.05, 0) is 25.8 Å². The Morgan fingerprint density at radius 3 is 2.67 bits per heavy atom. The van der Waals surface area contributed by atoms with Crippen molar-refractivity contribution in [2.24, 2.45) is 0 Å². The second-order valence-corrected chi connectivity index (χ2v) is 3.88. The molecule has 0 aromatic carbocycles. The smallest absolute Gasteiger partial charge is 0.151 e. The predicted molar refractivity (Wildman–Crippen MR) is 49.5 cm³/mol. The average molecular weight is 185 g/mol. The number of hydrogen-bond acceptors (Lipinski definition) is 1. The van der Waals surface area contributed by atoms with Gasteiger partial charge in [0.2, 0.25) is 0 Å². The maximum absolute atomic E-state index is 5.81. The molecule has 1 aromatic rings. The molecule has 1 fully saturated rings. The van der Waals surface area contributed by atoms with E-state index in [9.17, 15) is 0 Å². The standard InChI is InChI=1S/C9H13ClN2/c1-7-6-9(10)11-12(7)8-4-2-3-5-8/h6,8H,2-5H2,1H3. The predicted octanol–water partition coefficient (Wildman–Crippen LogP) is 2.96. The molecule has 1 aliphatic rings. The fourth-order valence-electron chi connectivity index (χ4n) is 1.97. The van der Waals surface area contributed by atoms with Crippen LogP contribution in [-0.4, -0.2) is 9.78 Å². The van der Waals surface area contributed by atoms with Crippen LogP contribution in [0.5, 0.6) is 0 Å². The van der Waals surface area contributed by atoms with Gasteiger partial charge in [-0.15, -0.1) is 0 Å². The molecule has 2 rings (SSSR count). The maximum Gasteiger partial charge on any atom is 0.151 e. The normalized spacial score (nSPS) is 18.8. The largest absolute Gasteiger partial charge is 0.265 e. The average Bonchev–Trinajstić information content (AvgIpc) is 2.58. The SMILES string of the molecule is Cc1cc(Cl)nn1C1CCCC1. The summed E-state index contributed by atoms with van der Waals surface area (Å²) in [6.45, 7) is 2.07. The van der Waals surface area contributed by atoms with Crippen molar-refractivity contribution in [2.45, 2.75) is 38.6 Å². The quantitative estimate of drug-likeness (QED) is 0.656. The molecule has 1 heterocycles. The highest BCUT2D eigenvalue weighted by molar-refractivity contribution is 6.29. The van der Waals surface area contributed by atoms with Crippen LogP contribution < -0.4 is 0 Å². The Hall–Kier alpha value is -0.500. The summed E-state index contributed by atoms with van der Waals surface area (Å²) < 4.78 is 2.08. The van der Waals surface area contributed by atoms with Crippen molar-refractivity contribution in [2.75, 3.05) is 0 Å². The Balaban J connectivity index is 2.25. The van der Waals surface area contributed by atoms with Crippen LogP contribution in [0.25, 0.3) is 0 Å². The van der Waals surface area contributed by atoms with Crippen molar-refractivity contribution in [3.8, 4) is 0 Å². The molecule has 0 bridgehead atoms. The highest BCUT2D eigenvalue weighted by Crippen LogP contribution is 2.30. The molecule has 66 valence electrons. The van der Waals surface area contributed by atoms with Gasteiger partial charge in [-0.25, -0.2) is 0 Å². The van der Waals surface area contributed by atoms with Crippen LogP contribution in [0.3, 0.4) is 0 Å². The van der Waals surface area contributed by atoms with E-state index in [1.165, 1.54) is 31.4 Å². The molecular weight excluding hydrogens is 172 g/mol. The lowest BCUT2D eigenvalue weighted by Gasteiger charge is -2.11. The number of halogens is 1. The molecule has 3 heteroatoms. The lowest BCUT2D eigenvalue weighted by molar-refractivity contribution is 0.457. The first-order chi connectivity index (χ1) is 5.77. The third kappa shape index (κ3) is 1.36. The van der Waals surface area contributed by atoms with E-state index in [4.69, 9.17) is 11.6 Å². The third-order valence-corrected chi connectivity index (χ3v) is 2.75. The molecular formula is C9H13ClN2. The maximum atomic E-state index is 5.81. The molecule has 0 aliphatic heterocycles. The molecule has 0 N–H and O–H groups in total. The number of nitrogens with zero attached hydrogens (tertiary/aromatic N) is 2. The van der Waals surface area contributed by atoms with Crippen molar-refractivity contribution < 1.29 is 0 Å². The summed E-state index contributed by atoms with van der Waals surface area (Å²) in [6, 6.07) is 2.54. The van der Waals surface area contributed by atoms with Gasteiger partial charge in [0.1, 0.15) is 0 Å². The van der Waals surface area contributed by atoms with Crippen LogP contribution in [0, 0.1) is 6.92 Å². The van der Waals surface area contributed by atoms with Gasteiger partial charge < -0.3 is 0 Å². The lowest BCUT2D eigenvalue weighted by Crippen LogP contribution is -2.07. The van der Waals surface area contributed by atoms with Crippen LogP contribution in [0.15, 0.2) is 6.07 Å². The monoisotopic (exact) mass is 184 g/mol. The van der Waals surface area contributed by atoms with E-state index < -0.39 is 0 Å². The molecule has 0 atom stereocenters. The summed E-state index contributed by atoms with van der Waals surface area (Å²) in [5, 5.41) is 4.90. The van der Waals surface area contributed by atoms with Crippen molar-refractivity contribution in [1.82, 2.24) is 9.78 Å². The van der Waals surface area contributed by atoms with Crippen molar-refractivity contribution in [3.05, 3.63) is 16.9 Å². The number of rotatable bonds is 1. The van der Waals surface area contributed by atoms with Crippen LogP contribution in [0.4, 0.5) is 0 Å². The van der Waals surface area contributed by atoms with Gasteiger partial charge >= 0.3 is 0 Å². The first-order valence-corrected chi connectivity index (χ1v) is 4.87. The summed E-state index contributed by atoms with van der Waals surface area (Å²) in [5.74, 6) is 0. The summed E-state index contributed by atoms with van der Waals surface area (Å²) in [7, 11) is 0. The zero-order chi connectivity index (χ0) is 8.55. The van der Waals surface area contributed by atoms with Gasteiger partial charge in [-0.2, -0.15) is 5.10 Å². The van der Waals surface area contributed by atoms with Gasteiger partial charge in [-0.1, -0.05) is 24.4 Å². The summed E-state index contributed by atoms with van der Waals surface area (Å²) >= 11 is 5.81. The van der Waals surface area contributed by atoms with Crippen molar-refractivity contribution in [1.29, 1.82) is 0 Å². The lowest BCUT2D eigenvalue weighted by atomic mass is 10.2. The van der Waals surface area contributed by atoms with Crippen LogP contribution in [0.1, 0.15) is 37.4 Å².